The molecule has 1 aromatic carbocycles. The number of aliphatic hydroxyl groups excluding tert-OH is 1. The second-order valence-electron chi connectivity index (χ2n) is 3.17. The number of carbonyl (C=O) groups excluding carboxylic acids is 1. The van der Waals surface area contributed by atoms with Gasteiger partial charge in [-0.15, -0.1) is 0 Å². The first-order valence-corrected chi connectivity index (χ1v) is 4.40. The van der Waals surface area contributed by atoms with Gasteiger partial charge in [0.15, 0.2) is 0 Å². The number of hydrogen-bond donors (Lipinski definition) is 1. The van der Waals surface area contributed by atoms with Gasteiger partial charge in [0.1, 0.15) is 5.78 Å². The van der Waals surface area contributed by atoms with Gasteiger partial charge in [0.2, 0.25) is 0 Å². The molecule has 1 rings (SSSR count). The number of ketones is 1. The monoisotopic (exact) mass is 178 g/mol. The zero-order valence-corrected chi connectivity index (χ0v) is 7.79. The highest BCUT2D eigenvalue weighted by Crippen LogP contribution is 2.05. The first kappa shape index (κ1) is 9.93. The van der Waals surface area contributed by atoms with Crippen molar-refractivity contribution in [2.24, 2.45) is 0 Å². The molecule has 0 atom stereocenters. The lowest BCUT2D eigenvalue weighted by Gasteiger charge is -2.00. The normalized spacial score (nSPS) is 10.0. The van der Waals surface area contributed by atoms with Crippen LogP contribution in [0, 0.1) is 0 Å². The fourth-order valence-corrected chi connectivity index (χ4v) is 1.24. The van der Waals surface area contributed by atoms with Gasteiger partial charge in [0.25, 0.3) is 0 Å². The minimum absolute atomic E-state index is 0.173. The Morgan fingerprint density at radius 2 is 1.77 bits per heavy atom. The summed E-state index contributed by atoms with van der Waals surface area (Å²) in [6.45, 7) is 1.76. The Morgan fingerprint density at radius 3 is 2.23 bits per heavy atom. The molecule has 13 heavy (non-hydrogen) atoms. The minimum atomic E-state index is 0.173. The maximum Gasteiger partial charge on any atom is 0.134 e. The molecule has 2 heteroatoms. The van der Waals surface area contributed by atoms with Crippen LogP contribution in [0.5, 0.6) is 0 Å². The maximum atomic E-state index is 10.8. The molecule has 0 amide bonds. The largest absolute Gasteiger partial charge is 0.396 e. The van der Waals surface area contributed by atoms with Crippen molar-refractivity contribution in [2.75, 3.05) is 6.61 Å². The molecule has 2 nitrogen and oxygen atoms in total. The molecule has 0 aliphatic heterocycles. The van der Waals surface area contributed by atoms with E-state index >= 15 is 0 Å². The van der Waals surface area contributed by atoms with Gasteiger partial charge in [-0.3, -0.25) is 4.79 Å². The molecule has 0 fully saturated rings. The third-order valence-electron chi connectivity index (χ3n) is 1.88. The molecular weight excluding hydrogens is 164 g/mol. The molecule has 1 N–H and O–H groups in total. The second kappa shape index (κ2) is 4.77. The summed E-state index contributed by atoms with van der Waals surface area (Å²) in [7, 11) is 0. The molecule has 0 aliphatic rings. The highest BCUT2D eigenvalue weighted by atomic mass is 16.2. The lowest BCUT2D eigenvalue weighted by atomic mass is 10.1. The Hall–Kier alpha value is -1.15. The van der Waals surface area contributed by atoms with Gasteiger partial charge in [-0.1, -0.05) is 24.3 Å². The first-order valence-electron chi connectivity index (χ1n) is 4.40. The summed E-state index contributed by atoms with van der Waals surface area (Å²) < 4.78 is 0. The lowest BCUT2D eigenvalue weighted by Crippen LogP contribution is -1.97. The SMILES string of the molecule is CC(=O)Cc1ccc(CCO)cc1. The van der Waals surface area contributed by atoms with Crippen LogP contribution in [0.3, 0.4) is 0 Å². The third kappa shape index (κ3) is 3.38. The van der Waals surface area contributed by atoms with Crippen molar-refractivity contribution in [3.8, 4) is 0 Å². The van der Waals surface area contributed by atoms with Crippen molar-refractivity contribution in [2.45, 2.75) is 19.8 Å². The predicted octanol–water partition coefficient (Wildman–Crippen LogP) is 1.35. The van der Waals surface area contributed by atoms with E-state index in [4.69, 9.17) is 5.11 Å². The van der Waals surface area contributed by atoms with E-state index in [2.05, 4.69) is 0 Å². The highest BCUT2D eigenvalue weighted by Gasteiger charge is 1.97. The Labute approximate surface area is 78.2 Å². The Morgan fingerprint density at radius 1 is 1.23 bits per heavy atom. The number of hydrogen-bond acceptors (Lipinski definition) is 2. The number of Topliss-reactive ketones (excluding diaryl/α,β-unsaturated/α-hetero) is 1. The highest BCUT2D eigenvalue weighted by molar-refractivity contribution is 5.78. The van der Waals surface area contributed by atoms with Gasteiger partial charge in [0.05, 0.1) is 0 Å². The average Bonchev–Trinajstić information content (AvgIpc) is 2.08. The van der Waals surface area contributed by atoms with E-state index in [0.717, 1.165) is 11.1 Å². The van der Waals surface area contributed by atoms with Crippen LogP contribution >= 0.6 is 0 Å². The molecule has 0 unspecified atom stereocenters. The van der Waals surface area contributed by atoms with Crippen molar-refractivity contribution < 1.29 is 9.90 Å². The van der Waals surface area contributed by atoms with Gasteiger partial charge < -0.3 is 5.11 Å². The summed E-state index contributed by atoms with van der Waals surface area (Å²) in [6.07, 6.45) is 1.18. The van der Waals surface area contributed by atoms with Gasteiger partial charge in [-0.2, -0.15) is 0 Å². The van der Waals surface area contributed by atoms with Crippen LogP contribution in [0.25, 0.3) is 0 Å². The van der Waals surface area contributed by atoms with E-state index in [1.54, 1.807) is 6.92 Å². The number of carbonyl (C=O) groups is 1. The van der Waals surface area contributed by atoms with E-state index < -0.39 is 0 Å². The van der Waals surface area contributed by atoms with E-state index in [9.17, 15) is 4.79 Å². The summed E-state index contributed by atoms with van der Waals surface area (Å²) in [5.41, 5.74) is 2.14. The summed E-state index contributed by atoms with van der Waals surface area (Å²) in [5, 5.41) is 8.68. The molecule has 0 bridgehead atoms. The van der Waals surface area contributed by atoms with Crippen LogP contribution < -0.4 is 0 Å². The Bertz CT molecular complexity index is 275. The van der Waals surface area contributed by atoms with E-state index in [0.29, 0.717) is 12.8 Å². The zero-order chi connectivity index (χ0) is 9.68. The average molecular weight is 178 g/mol. The van der Waals surface area contributed by atoms with E-state index in [1.165, 1.54) is 0 Å². The second-order valence-corrected chi connectivity index (χ2v) is 3.17. The standard InChI is InChI=1S/C11H14O2/c1-9(13)8-11-4-2-10(3-5-11)6-7-12/h2-5,12H,6-8H2,1H3. The van der Waals surface area contributed by atoms with Crippen LogP contribution in [0.15, 0.2) is 24.3 Å². The van der Waals surface area contributed by atoms with Gasteiger partial charge in [0, 0.05) is 13.0 Å². The molecule has 0 heterocycles. The fourth-order valence-electron chi connectivity index (χ4n) is 1.24. The molecule has 70 valence electrons. The maximum absolute atomic E-state index is 10.8. The molecule has 0 saturated heterocycles. The summed E-state index contributed by atoms with van der Waals surface area (Å²) in [5.74, 6) is 0.176. The topological polar surface area (TPSA) is 37.3 Å². The quantitative estimate of drug-likeness (QED) is 0.755. The molecule has 0 aliphatic carbocycles. The summed E-state index contributed by atoms with van der Waals surface area (Å²) >= 11 is 0. The fraction of sp³-hybridized carbons (Fsp3) is 0.364. The lowest BCUT2D eigenvalue weighted by molar-refractivity contribution is -0.116. The number of benzene rings is 1. The van der Waals surface area contributed by atoms with Crippen LogP contribution in [-0.2, 0) is 17.6 Å². The van der Waals surface area contributed by atoms with Crippen LogP contribution in [0.4, 0.5) is 0 Å². The van der Waals surface area contributed by atoms with Crippen LogP contribution in [-0.4, -0.2) is 17.5 Å². The molecular formula is C11H14O2. The molecule has 0 aromatic heterocycles. The van der Waals surface area contributed by atoms with Crippen molar-refractivity contribution in [1.29, 1.82) is 0 Å². The number of aliphatic hydroxyl groups is 1. The van der Waals surface area contributed by atoms with E-state index in [-0.39, 0.29) is 12.4 Å². The van der Waals surface area contributed by atoms with Gasteiger partial charge in [-0.25, -0.2) is 0 Å². The van der Waals surface area contributed by atoms with Crippen LogP contribution in [0.2, 0.25) is 0 Å². The summed E-state index contributed by atoms with van der Waals surface area (Å²) in [4.78, 5) is 10.8. The zero-order valence-electron chi connectivity index (χ0n) is 7.79. The van der Waals surface area contributed by atoms with Gasteiger partial charge in [-0.05, 0) is 24.5 Å². The Balaban J connectivity index is 2.64. The van der Waals surface area contributed by atoms with E-state index in [1.807, 2.05) is 24.3 Å². The van der Waals surface area contributed by atoms with Gasteiger partial charge >= 0.3 is 0 Å². The summed E-state index contributed by atoms with van der Waals surface area (Å²) in [6, 6.07) is 7.78. The predicted molar refractivity (Wildman–Crippen MR) is 51.6 cm³/mol. The molecule has 0 saturated carbocycles. The van der Waals surface area contributed by atoms with Crippen molar-refractivity contribution in [3.05, 3.63) is 35.4 Å². The third-order valence-corrected chi connectivity index (χ3v) is 1.88. The molecule has 1 aromatic rings. The minimum Gasteiger partial charge on any atom is -0.396 e. The van der Waals surface area contributed by atoms with Crippen LogP contribution in [0.1, 0.15) is 18.1 Å². The van der Waals surface area contributed by atoms with Crippen molar-refractivity contribution >= 4 is 5.78 Å². The molecule has 0 radical (unpaired) electrons. The number of rotatable bonds is 4. The Kier molecular flexibility index (Phi) is 3.65. The smallest absolute Gasteiger partial charge is 0.134 e. The molecule has 0 spiro atoms. The van der Waals surface area contributed by atoms with Crippen molar-refractivity contribution in [3.63, 3.8) is 0 Å². The first-order chi connectivity index (χ1) is 6.22. The van der Waals surface area contributed by atoms with Crippen molar-refractivity contribution in [1.82, 2.24) is 0 Å².